The predicted molar refractivity (Wildman–Crippen MR) is 87.7 cm³/mol. The van der Waals surface area contributed by atoms with E-state index >= 15 is 0 Å². The van der Waals surface area contributed by atoms with Crippen molar-refractivity contribution in [3.63, 3.8) is 0 Å². The Bertz CT molecular complexity index is 1060. The normalized spacial score (nSPS) is 20.4. The van der Waals surface area contributed by atoms with Crippen LogP contribution in [0.15, 0.2) is 36.0 Å². The zero-order valence-corrected chi connectivity index (χ0v) is 13.4. The van der Waals surface area contributed by atoms with Gasteiger partial charge in [0, 0.05) is 5.56 Å². The van der Waals surface area contributed by atoms with Crippen LogP contribution in [0.1, 0.15) is 29.4 Å². The average Bonchev–Trinajstić information content (AvgIpc) is 3.06. The maximum atomic E-state index is 13.7. The van der Waals surface area contributed by atoms with Crippen LogP contribution >= 0.6 is 22.9 Å². The van der Waals surface area contributed by atoms with Crippen molar-refractivity contribution in [3.05, 3.63) is 58.2 Å². The van der Waals surface area contributed by atoms with Crippen molar-refractivity contribution in [1.29, 1.82) is 0 Å². The molecule has 1 aliphatic rings. The SMILES string of the molecule is Fc1cnc2c(C3C[C@@H]3c3ccc4ncsc4c3)cc(Cl)nn12. The summed E-state index contributed by atoms with van der Waals surface area (Å²) < 4.78 is 16.1. The van der Waals surface area contributed by atoms with Gasteiger partial charge in [0.05, 0.1) is 21.9 Å². The Hall–Kier alpha value is -2.05. The largest absolute Gasteiger partial charge is 0.245 e. The Morgan fingerprint density at radius 1 is 1.22 bits per heavy atom. The molecule has 0 N–H and O–H groups in total. The molecule has 4 nitrogen and oxygen atoms in total. The van der Waals surface area contributed by atoms with Crippen LogP contribution in [-0.2, 0) is 0 Å². The van der Waals surface area contributed by atoms with E-state index in [1.807, 2.05) is 5.51 Å². The molecule has 1 aromatic carbocycles. The minimum absolute atomic E-state index is 0.285. The summed E-state index contributed by atoms with van der Waals surface area (Å²) in [5, 5.41) is 4.26. The van der Waals surface area contributed by atoms with E-state index in [-0.39, 0.29) is 5.15 Å². The Morgan fingerprint density at radius 2 is 2.13 bits per heavy atom. The number of halogens is 2. The number of aromatic nitrogens is 4. The zero-order chi connectivity index (χ0) is 15.6. The fraction of sp³-hybridized carbons (Fsp3) is 0.188. The van der Waals surface area contributed by atoms with Crippen LogP contribution in [0.5, 0.6) is 0 Å². The van der Waals surface area contributed by atoms with Crippen molar-refractivity contribution in [1.82, 2.24) is 19.6 Å². The van der Waals surface area contributed by atoms with Crippen LogP contribution < -0.4 is 0 Å². The highest BCUT2D eigenvalue weighted by Crippen LogP contribution is 2.56. The van der Waals surface area contributed by atoms with Gasteiger partial charge in [-0.2, -0.15) is 14.0 Å². The molecule has 5 rings (SSSR count). The van der Waals surface area contributed by atoms with Crippen molar-refractivity contribution in [2.45, 2.75) is 18.3 Å². The predicted octanol–water partition coefficient (Wildman–Crippen LogP) is 4.40. The summed E-state index contributed by atoms with van der Waals surface area (Å²) in [6.45, 7) is 0. The fourth-order valence-electron chi connectivity index (χ4n) is 3.22. The fourth-order valence-corrected chi connectivity index (χ4v) is 4.14. The third kappa shape index (κ3) is 2.05. The van der Waals surface area contributed by atoms with Crippen LogP contribution in [0, 0.1) is 5.95 Å². The number of imidazole rings is 1. The lowest BCUT2D eigenvalue weighted by Crippen LogP contribution is -1.99. The van der Waals surface area contributed by atoms with Gasteiger partial charge in [-0.3, -0.25) is 0 Å². The number of thiazole rings is 1. The third-order valence-corrected chi connectivity index (χ3v) is 5.37. The smallest absolute Gasteiger partial charge is 0.234 e. The number of hydrogen-bond donors (Lipinski definition) is 0. The lowest BCUT2D eigenvalue weighted by Gasteiger charge is -2.04. The van der Waals surface area contributed by atoms with Crippen LogP contribution in [0.3, 0.4) is 0 Å². The molecular formula is C16H10ClFN4S. The molecule has 3 heterocycles. The van der Waals surface area contributed by atoms with Crippen molar-refractivity contribution >= 4 is 38.8 Å². The molecule has 0 saturated heterocycles. The summed E-state index contributed by atoms with van der Waals surface area (Å²) in [5.74, 6) is 0.209. The third-order valence-electron chi connectivity index (χ3n) is 4.40. The minimum Gasteiger partial charge on any atom is -0.245 e. The van der Waals surface area contributed by atoms with E-state index in [2.05, 4.69) is 33.3 Å². The molecule has 1 unspecified atom stereocenters. The maximum Gasteiger partial charge on any atom is 0.234 e. The second-order valence-corrected chi connectivity index (χ2v) is 7.04. The Kier molecular flexibility index (Phi) is 2.75. The highest BCUT2D eigenvalue weighted by molar-refractivity contribution is 7.16. The van der Waals surface area contributed by atoms with E-state index in [1.165, 1.54) is 21.0 Å². The van der Waals surface area contributed by atoms with Gasteiger partial charge in [0.1, 0.15) is 0 Å². The van der Waals surface area contributed by atoms with Gasteiger partial charge in [-0.1, -0.05) is 17.7 Å². The summed E-state index contributed by atoms with van der Waals surface area (Å²) in [6, 6.07) is 8.18. The van der Waals surface area contributed by atoms with Crippen LogP contribution in [0.2, 0.25) is 5.15 Å². The summed E-state index contributed by atoms with van der Waals surface area (Å²) >= 11 is 7.69. The van der Waals surface area contributed by atoms with Crippen molar-refractivity contribution in [3.8, 4) is 0 Å². The first-order chi connectivity index (χ1) is 11.2. The molecule has 0 radical (unpaired) electrons. The van der Waals surface area contributed by atoms with E-state index in [4.69, 9.17) is 11.6 Å². The van der Waals surface area contributed by atoms with Crippen molar-refractivity contribution in [2.75, 3.05) is 0 Å². The first-order valence-electron chi connectivity index (χ1n) is 7.23. The van der Waals surface area contributed by atoms with Crippen molar-refractivity contribution in [2.24, 2.45) is 0 Å². The van der Waals surface area contributed by atoms with Crippen LogP contribution in [-0.4, -0.2) is 19.6 Å². The molecule has 23 heavy (non-hydrogen) atoms. The van der Waals surface area contributed by atoms with E-state index in [0.717, 1.165) is 17.5 Å². The first kappa shape index (κ1) is 13.4. The maximum absolute atomic E-state index is 13.7. The molecule has 0 aliphatic heterocycles. The van der Waals surface area contributed by atoms with E-state index in [0.29, 0.717) is 17.5 Å². The molecule has 0 amide bonds. The molecule has 4 aromatic rings. The summed E-state index contributed by atoms with van der Waals surface area (Å²) in [5.41, 5.74) is 5.69. The molecule has 2 atom stereocenters. The number of nitrogens with zero attached hydrogens (tertiary/aromatic N) is 4. The van der Waals surface area contributed by atoms with Crippen molar-refractivity contribution < 1.29 is 4.39 Å². The highest BCUT2D eigenvalue weighted by atomic mass is 35.5. The molecule has 1 saturated carbocycles. The molecule has 1 aliphatic carbocycles. The minimum atomic E-state index is -0.493. The van der Waals surface area contributed by atoms with E-state index in [9.17, 15) is 4.39 Å². The standard InChI is InChI=1S/C16H10ClFN4S/c17-14-5-11(16-19-6-15(18)22(16)21-14)10-4-9(10)8-1-2-12-13(3-8)23-7-20-12/h1-3,5-7,9-10H,4H2/t9-,10?/m1/s1. The van der Waals surface area contributed by atoms with Gasteiger partial charge >= 0.3 is 0 Å². The molecule has 3 aromatic heterocycles. The highest BCUT2D eigenvalue weighted by Gasteiger charge is 2.41. The number of fused-ring (bicyclic) bond motifs is 2. The number of rotatable bonds is 2. The van der Waals surface area contributed by atoms with Crippen LogP contribution in [0.4, 0.5) is 4.39 Å². The lowest BCUT2D eigenvalue weighted by molar-refractivity contribution is 0.548. The first-order valence-corrected chi connectivity index (χ1v) is 8.49. The van der Waals surface area contributed by atoms with Gasteiger partial charge in [0.25, 0.3) is 0 Å². The second-order valence-electron chi connectivity index (χ2n) is 5.77. The molecule has 114 valence electrons. The zero-order valence-electron chi connectivity index (χ0n) is 11.8. The Morgan fingerprint density at radius 3 is 3.04 bits per heavy atom. The Balaban J connectivity index is 1.57. The monoisotopic (exact) mass is 344 g/mol. The number of benzene rings is 1. The van der Waals surface area contributed by atoms with Gasteiger partial charge < -0.3 is 0 Å². The van der Waals surface area contributed by atoms with Gasteiger partial charge in [0.15, 0.2) is 10.8 Å². The lowest BCUT2D eigenvalue weighted by atomic mass is 10.1. The summed E-state index contributed by atoms with van der Waals surface area (Å²) in [6.07, 6.45) is 2.19. The molecule has 0 spiro atoms. The van der Waals surface area contributed by atoms with Gasteiger partial charge in [-0.05, 0) is 42.0 Å². The molecule has 0 bridgehead atoms. The summed E-state index contributed by atoms with van der Waals surface area (Å²) in [4.78, 5) is 8.46. The van der Waals surface area contributed by atoms with E-state index < -0.39 is 5.95 Å². The van der Waals surface area contributed by atoms with Gasteiger partial charge in [0.2, 0.25) is 5.95 Å². The topological polar surface area (TPSA) is 43.1 Å². The summed E-state index contributed by atoms with van der Waals surface area (Å²) in [7, 11) is 0. The van der Waals surface area contributed by atoms with Gasteiger partial charge in [-0.15, -0.1) is 11.3 Å². The average molecular weight is 345 g/mol. The molecule has 7 heteroatoms. The second kappa shape index (κ2) is 4.72. The number of hydrogen-bond acceptors (Lipinski definition) is 4. The quantitative estimate of drug-likeness (QED) is 0.541. The van der Waals surface area contributed by atoms with Crippen LogP contribution in [0.25, 0.3) is 15.9 Å². The Labute approximate surface area is 139 Å². The van der Waals surface area contributed by atoms with Gasteiger partial charge in [-0.25, -0.2) is 9.97 Å². The molecular weight excluding hydrogens is 335 g/mol. The van der Waals surface area contributed by atoms with E-state index in [1.54, 1.807) is 17.4 Å². The molecule has 1 fully saturated rings.